The van der Waals surface area contributed by atoms with Crippen LogP contribution in [-0.2, 0) is 54.3 Å². The second-order valence-electron chi connectivity index (χ2n) is 19.4. The fraction of sp³-hybridized carbons (Fsp3) is 0.680. The van der Waals surface area contributed by atoms with E-state index in [1.54, 1.807) is 38.1 Å². The molecule has 1 saturated heterocycles. The lowest BCUT2D eigenvalue weighted by atomic mass is 9.89. The Morgan fingerprint density at radius 2 is 1.46 bits per heavy atom. The number of carboxylic acid groups (broad SMARTS) is 1. The predicted octanol–water partition coefficient (Wildman–Crippen LogP) is 3.83. The lowest BCUT2D eigenvalue weighted by molar-refractivity contribution is -0.149. The van der Waals surface area contributed by atoms with Crippen LogP contribution in [0.1, 0.15) is 105 Å². The first-order chi connectivity index (χ1) is 31.7. The summed E-state index contributed by atoms with van der Waals surface area (Å²) in [6.07, 6.45) is 4.99. The smallest absolute Gasteiger partial charge is 0.326 e. The zero-order valence-corrected chi connectivity index (χ0v) is 41.4. The summed E-state index contributed by atoms with van der Waals surface area (Å²) >= 11 is 0. The van der Waals surface area contributed by atoms with Gasteiger partial charge in [0.1, 0.15) is 18.1 Å². The summed E-state index contributed by atoms with van der Waals surface area (Å²) in [5.74, 6) is -4.91. The SMILES string of the molecule is CC[C@H](C)C(C(CC(=O)N1C2C[C@H]2C[C@H]1C(OC)[C@@H](C)C(=O)N[C@@H](Cc1ccccc1)C(=O)O)OC)N(C)C(=O)[C@@H](NC(=O)C(C(C)C)N(C)C(=O)CCCCCN1C(=O)C=CC1=O)C(C)C. The van der Waals surface area contributed by atoms with Crippen molar-refractivity contribution in [2.75, 3.05) is 34.9 Å². The number of hydrogen-bond donors (Lipinski definition) is 3. The van der Waals surface area contributed by atoms with E-state index in [0.29, 0.717) is 32.1 Å². The molecule has 372 valence electrons. The molecule has 3 aliphatic rings. The molecule has 2 fully saturated rings. The summed E-state index contributed by atoms with van der Waals surface area (Å²) in [7, 11) is 6.25. The summed E-state index contributed by atoms with van der Waals surface area (Å²) in [5, 5.41) is 15.6. The lowest BCUT2D eigenvalue weighted by Crippen LogP contribution is -2.60. The minimum Gasteiger partial charge on any atom is -0.480 e. The number of amides is 7. The number of nitrogens with zero attached hydrogens (tertiary/aromatic N) is 4. The maximum Gasteiger partial charge on any atom is 0.326 e. The minimum absolute atomic E-state index is 0.0370. The van der Waals surface area contributed by atoms with Gasteiger partial charge < -0.3 is 39.9 Å². The monoisotopic (exact) mass is 937 g/mol. The Bertz CT molecular complexity index is 1920. The number of carboxylic acids is 1. The number of likely N-dealkylation sites (tertiary alicyclic amines) is 1. The van der Waals surface area contributed by atoms with Crippen molar-refractivity contribution < 1.29 is 52.9 Å². The van der Waals surface area contributed by atoms with Gasteiger partial charge in [-0.2, -0.15) is 0 Å². The van der Waals surface area contributed by atoms with Gasteiger partial charge in [-0.25, -0.2) is 4.79 Å². The Kier molecular flexibility index (Phi) is 20.1. The van der Waals surface area contributed by atoms with Gasteiger partial charge in [-0.1, -0.05) is 91.6 Å². The molecule has 5 unspecified atom stereocenters. The van der Waals surface area contributed by atoms with Gasteiger partial charge in [0.15, 0.2) is 0 Å². The second-order valence-corrected chi connectivity index (χ2v) is 19.4. The Morgan fingerprint density at radius 3 is 2.01 bits per heavy atom. The zero-order valence-electron chi connectivity index (χ0n) is 41.4. The summed E-state index contributed by atoms with van der Waals surface area (Å²) in [6, 6.07) is 5.00. The van der Waals surface area contributed by atoms with Crippen LogP contribution in [0, 0.1) is 29.6 Å². The third kappa shape index (κ3) is 13.7. The van der Waals surface area contributed by atoms with Gasteiger partial charge in [0.2, 0.25) is 29.5 Å². The largest absolute Gasteiger partial charge is 0.480 e. The van der Waals surface area contributed by atoms with Crippen LogP contribution < -0.4 is 10.6 Å². The van der Waals surface area contributed by atoms with Crippen molar-refractivity contribution in [1.29, 1.82) is 0 Å². The van der Waals surface area contributed by atoms with Gasteiger partial charge in [-0.3, -0.25) is 38.5 Å². The molecule has 0 bridgehead atoms. The van der Waals surface area contributed by atoms with Crippen LogP contribution in [0.4, 0.5) is 0 Å². The Labute approximate surface area is 396 Å². The van der Waals surface area contributed by atoms with Crippen molar-refractivity contribution in [1.82, 2.24) is 30.2 Å². The fourth-order valence-corrected chi connectivity index (χ4v) is 9.96. The lowest BCUT2D eigenvalue weighted by Gasteiger charge is -2.41. The first kappa shape index (κ1) is 54.4. The molecule has 67 heavy (non-hydrogen) atoms. The Morgan fingerprint density at radius 1 is 0.821 bits per heavy atom. The summed E-state index contributed by atoms with van der Waals surface area (Å²) in [4.78, 5) is 112. The highest BCUT2D eigenvalue weighted by molar-refractivity contribution is 6.12. The van der Waals surface area contributed by atoms with Crippen molar-refractivity contribution >= 4 is 47.3 Å². The van der Waals surface area contributed by atoms with E-state index in [0.717, 1.165) is 12.0 Å². The number of piperidine rings is 1. The maximum atomic E-state index is 14.6. The Hall–Kier alpha value is -5.16. The third-order valence-electron chi connectivity index (χ3n) is 14.1. The van der Waals surface area contributed by atoms with Gasteiger partial charge in [-0.05, 0) is 54.9 Å². The molecular weight excluding hydrogens is 861 g/mol. The highest BCUT2D eigenvalue weighted by atomic mass is 16.5. The van der Waals surface area contributed by atoms with E-state index in [1.165, 1.54) is 36.2 Å². The van der Waals surface area contributed by atoms with Gasteiger partial charge in [0, 0.05) is 65.9 Å². The van der Waals surface area contributed by atoms with E-state index in [-0.39, 0.29) is 85.1 Å². The molecule has 2 aliphatic heterocycles. The summed E-state index contributed by atoms with van der Waals surface area (Å²) in [6.45, 7) is 13.3. The molecule has 7 amide bonds. The number of benzene rings is 1. The summed E-state index contributed by atoms with van der Waals surface area (Å²) < 4.78 is 12.0. The van der Waals surface area contributed by atoms with Crippen LogP contribution >= 0.6 is 0 Å². The van der Waals surface area contributed by atoms with E-state index in [4.69, 9.17) is 9.47 Å². The normalized spacial score (nSPS) is 21.2. The highest BCUT2D eigenvalue weighted by Gasteiger charge is 2.57. The van der Waals surface area contributed by atoms with Crippen LogP contribution in [0.3, 0.4) is 0 Å². The molecule has 1 saturated carbocycles. The van der Waals surface area contributed by atoms with Crippen molar-refractivity contribution in [2.45, 2.75) is 155 Å². The molecule has 0 radical (unpaired) electrons. The molecule has 1 aliphatic carbocycles. The number of imide groups is 1. The molecule has 4 rings (SSSR count). The molecule has 0 spiro atoms. The molecular formula is C50H76N6O11. The average molecular weight is 937 g/mol. The standard InChI is InChI=1S/C50H76N6O11/c1-12-31(6)45(54(9)49(63)43(29(2)3)52-48(62)44(30(4)5)53(8)39(57)21-17-14-18-24-55-40(58)22-23-41(55)59)38(66-10)28-42(60)56-36-26-34(36)27-37(56)46(67-11)32(7)47(61)51-35(50(64)65)25-33-19-15-13-16-20-33/h13,15-16,19-20,22-23,29-32,34-38,43-46H,12,14,17-18,21,24-28H2,1-11H3,(H,51,61)(H,52,62)(H,64,65)/t31-,32+,34-,35-,36?,37-,38?,43-,44?,45?,46?/m0/s1. The molecule has 2 heterocycles. The molecule has 17 nitrogen and oxygen atoms in total. The van der Waals surface area contributed by atoms with Crippen molar-refractivity contribution in [3.05, 3.63) is 48.0 Å². The van der Waals surface area contributed by atoms with Gasteiger partial charge >= 0.3 is 5.97 Å². The van der Waals surface area contributed by atoms with Crippen LogP contribution in [-0.4, -0.2) is 155 Å². The third-order valence-corrected chi connectivity index (χ3v) is 14.1. The van der Waals surface area contributed by atoms with Crippen LogP contribution in [0.2, 0.25) is 0 Å². The second kappa shape index (κ2) is 24.7. The fourth-order valence-electron chi connectivity index (χ4n) is 9.96. The van der Waals surface area contributed by atoms with Gasteiger partial charge in [0.25, 0.3) is 11.8 Å². The van der Waals surface area contributed by atoms with E-state index < -0.39 is 66.1 Å². The number of aliphatic carboxylic acids is 1. The number of likely N-dealkylation sites (N-methyl/N-ethyl adjacent to an activating group) is 2. The molecule has 1 aromatic carbocycles. The Balaban J connectivity index is 1.43. The molecule has 0 aromatic heterocycles. The van der Waals surface area contributed by atoms with Gasteiger partial charge in [-0.15, -0.1) is 0 Å². The van der Waals surface area contributed by atoms with E-state index in [1.807, 2.05) is 64.6 Å². The van der Waals surface area contributed by atoms with Crippen molar-refractivity contribution in [2.24, 2.45) is 29.6 Å². The van der Waals surface area contributed by atoms with E-state index in [9.17, 15) is 43.5 Å². The topological polar surface area (TPSA) is 212 Å². The number of methoxy groups -OCH3 is 2. The molecule has 17 heteroatoms. The molecule has 11 atom stereocenters. The summed E-state index contributed by atoms with van der Waals surface area (Å²) in [5.41, 5.74) is 0.767. The number of unbranched alkanes of at least 4 members (excludes halogenated alkanes) is 2. The molecule has 1 aromatic rings. The molecule has 3 N–H and O–H groups in total. The maximum absolute atomic E-state index is 14.6. The van der Waals surface area contributed by atoms with Gasteiger partial charge in [0.05, 0.1) is 36.6 Å². The number of carbonyl (C=O) groups is 8. The number of rotatable bonds is 27. The first-order valence-corrected chi connectivity index (χ1v) is 24.0. The number of ether oxygens (including phenoxy) is 2. The number of hydrogen-bond acceptors (Lipinski definition) is 10. The number of carbonyl (C=O) groups excluding carboxylic acids is 7. The number of fused-ring (bicyclic) bond motifs is 1. The van der Waals surface area contributed by atoms with Crippen LogP contribution in [0.15, 0.2) is 42.5 Å². The number of nitrogens with one attached hydrogen (secondary N) is 2. The minimum atomic E-state index is -1.16. The first-order valence-electron chi connectivity index (χ1n) is 24.0. The van der Waals surface area contributed by atoms with Crippen molar-refractivity contribution in [3.8, 4) is 0 Å². The van der Waals surface area contributed by atoms with E-state index >= 15 is 0 Å². The van der Waals surface area contributed by atoms with Crippen LogP contribution in [0.5, 0.6) is 0 Å². The van der Waals surface area contributed by atoms with Crippen molar-refractivity contribution in [3.63, 3.8) is 0 Å². The van der Waals surface area contributed by atoms with E-state index in [2.05, 4.69) is 10.6 Å². The predicted molar refractivity (Wildman–Crippen MR) is 251 cm³/mol. The average Bonchev–Trinajstić information content (AvgIpc) is 3.83. The quantitative estimate of drug-likeness (QED) is 0.0853. The van der Waals surface area contributed by atoms with Crippen LogP contribution in [0.25, 0.3) is 0 Å². The zero-order chi connectivity index (χ0) is 49.9. The highest BCUT2D eigenvalue weighted by Crippen LogP contribution is 2.50.